The van der Waals surface area contributed by atoms with Gasteiger partial charge in [-0.2, -0.15) is 0 Å². The predicted octanol–water partition coefficient (Wildman–Crippen LogP) is 3.15. The van der Waals surface area contributed by atoms with Crippen LogP contribution in [0.15, 0.2) is 51.8 Å². The molecule has 11 heteroatoms. The number of allylic oxidation sites excluding steroid dienone is 1. The number of carbonyl (C=O) groups is 1. The van der Waals surface area contributed by atoms with E-state index < -0.39 is 10.0 Å². The standard InChI is InChI=1S/C22H24N4O4S3/c1-3-10-26-21(28)19-16-9-4-13(2)11-17(16)32-20(19)25-22(26)31-12-18(27)24-14-5-7-15(8-6-14)33(23,29)30/h3,5-8,13H,1,4,9-12H2,2H3,(H,24,27)(H2,23,29,30). The summed E-state index contributed by atoms with van der Waals surface area (Å²) in [5, 5.41) is 8.97. The van der Waals surface area contributed by atoms with E-state index in [9.17, 15) is 18.0 Å². The number of carbonyl (C=O) groups excluding carboxylic acids is 1. The molecule has 1 amide bonds. The van der Waals surface area contributed by atoms with Gasteiger partial charge in [-0.05, 0) is 55.0 Å². The van der Waals surface area contributed by atoms with E-state index in [-0.39, 0.29) is 22.1 Å². The second-order valence-electron chi connectivity index (χ2n) is 8.04. The predicted molar refractivity (Wildman–Crippen MR) is 132 cm³/mol. The maximum Gasteiger partial charge on any atom is 0.263 e. The molecule has 0 saturated carbocycles. The van der Waals surface area contributed by atoms with Crippen LogP contribution < -0.4 is 16.0 Å². The fourth-order valence-corrected chi connectivity index (χ4v) is 6.61. The highest BCUT2D eigenvalue weighted by Crippen LogP contribution is 2.36. The number of anilines is 1. The number of sulfonamides is 1. The Balaban J connectivity index is 1.55. The van der Waals surface area contributed by atoms with Gasteiger partial charge in [0.2, 0.25) is 15.9 Å². The van der Waals surface area contributed by atoms with E-state index in [1.165, 1.54) is 40.9 Å². The van der Waals surface area contributed by atoms with Crippen LogP contribution in [-0.2, 0) is 34.2 Å². The first-order valence-electron chi connectivity index (χ1n) is 10.4. The van der Waals surface area contributed by atoms with E-state index in [0.29, 0.717) is 28.7 Å². The highest BCUT2D eigenvalue weighted by atomic mass is 32.2. The summed E-state index contributed by atoms with van der Waals surface area (Å²) in [6, 6.07) is 5.60. The molecule has 8 nitrogen and oxygen atoms in total. The van der Waals surface area contributed by atoms with Gasteiger partial charge in [-0.1, -0.05) is 24.8 Å². The van der Waals surface area contributed by atoms with Crippen LogP contribution >= 0.6 is 23.1 Å². The Morgan fingerprint density at radius 2 is 2.12 bits per heavy atom. The molecule has 0 fully saturated rings. The summed E-state index contributed by atoms with van der Waals surface area (Å²) in [5.74, 6) is 0.327. The average molecular weight is 505 g/mol. The Hall–Kier alpha value is -2.47. The Labute approximate surface area is 200 Å². The lowest BCUT2D eigenvalue weighted by Gasteiger charge is -2.17. The maximum atomic E-state index is 13.3. The van der Waals surface area contributed by atoms with Crippen LogP contribution in [0.1, 0.15) is 23.8 Å². The molecule has 0 radical (unpaired) electrons. The van der Waals surface area contributed by atoms with Gasteiger partial charge >= 0.3 is 0 Å². The molecule has 1 atom stereocenters. The zero-order valence-corrected chi connectivity index (χ0v) is 20.5. The Morgan fingerprint density at radius 3 is 2.79 bits per heavy atom. The third-order valence-electron chi connectivity index (χ3n) is 5.49. The second-order valence-corrected chi connectivity index (χ2v) is 11.6. The Bertz CT molecular complexity index is 1390. The van der Waals surface area contributed by atoms with E-state index in [4.69, 9.17) is 10.1 Å². The largest absolute Gasteiger partial charge is 0.325 e. The van der Waals surface area contributed by atoms with Gasteiger partial charge in [0, 0.05) is 17.1 Å². The zero-order chi connectivity index (χ0) is 23.8. The van der Waals surface area contributed by atoms with Crippen LogP contribution in [0.5, 0.6) is 0 Å². The van der Waals surface area contributed by atoms with Gasteiger partial charge in [0.15, 0.2) is 5.16 Å². The second kappa shape index (κ2) is 9.41. The van der Waals surface area contributed by atoms with E-state index in [0.717, 1.165) is 29.7 Å². The van der Waals surface area contributed by atoms with Gasteiger partial charge < -0.3 is 5.32 Å². The lowest BCUT2D eigenvalue weighted by molar-refractivity contribution is -0.113. The van der Waals surface area contributed by atoms with Crippen molar-refractivity contribution in [1.29, 1.82) is 0 Å². The molecule has 0 aliphatic heterocycles. The number of amides is 1. The minimum Gasteiger partial charge on any atom is -0.325 e. The van der Waals surface area contributed by atoms with Gasteiger partial charge in [0.25, 0.3) is 5.56 Å². The number of hydrogen-bond acceptors (Lipinski definition) is 7. The summed E-state index contributed by atoms with van der Waals surface area (Å²) in [6.45, 7) is 6.28. The SMILES string of the molecule is C=CCn1c(SCC(=O)Nc2ccc(S(N)(=O)=O)cc2)nc2sc3c(c2c1=O)CCC(C)C3. The summed E-state index contributed by atoms with van der Waals surface area (Å²) in [7, 11) is -3.80. The van der Waals surface area contributed by atoms with Gasteiger partial charge in [-0.3, -0.25) is 14.2 Å². The number of nitrogens with zero attached hydrogens (tertiary/aromatic N) is 2. The number of benzene rings is 1. The monoisotopic (exact) mass is 504 g/mol. The minimum absolute atomic E-state index is 0.0335. The first kappa shape index (κ1) is 23.7. The molecule has 174 valence electrons. The Morgan fingerprint density at radius 1 is 1.39 bits per heavy atom. The van der Waals surface area contributed by atoms with E-state index in [2.05, 4.69) is 18.8 Å². The molecule has 1 aliphatic rings. The van der Waals surface area contributed by atoms with Crippen molar-refractivity contribution >= 4 is 54.9 Å². The van der Waals surface area contributed by atoms with Gasteiger partial charge in [-0.25, -0.2) is 18.5 Å². The highest BCUT2D eigenvalue weighted by Gasteiger charge is 2.24. The quantitative estimate of drug-likeness (QED) is 0.289. The molecule has 2 aromatic heterocycles. The van der Waals surface area contributed by atoms with E-state index >= 15 is 0 Å². The average Bonchev–Trinajstić information content (AvgIpc) is 3.11. The molecule has 1 aromatic carbocycles. The molecule has 0 spiro atoms. The molecule has 0 saturated heterocycles. The molecule has 2 heterocycles. The molecule has 1 aliphatic carbocycles. The smallest absolute Gasteiger partial charge is 0.263 e. The van der Waals surface area contributed by atoms with Gasteiger partial charge in [-0.15, -0.1) is 17.9 Å². The van der Waals surface area contributed by atoms with Crippen molar-refractivity contribution in [3.63, 3.8) is 0 Å². The van der Waals surface area contributed by atoms with Crippen molar-refractivity contribution in [2.45, 2.75) is 42.8 Å². The number of rotatable bonds is 7. The number of nitrogens with two attached hydrogens (primary N) is 1. The van der Waals surface area contributed by atoms with Crippen LogP contribution in [0.4, 0.5) is 5.69 Å². The summed E-state index contributed by atoms with van der Waals surface area (Å²) in [5.41, 5.74) is 1.48. The van der Waals surface area contributed by atoms with Crippen molar-refractivity contribution in [1.82, 2.24) is 9.55 Å². The number of aromatic nitrogens is 2. The molecular formula is C22H24N4O4S3. The summed E-state index contributed by atoms with van der Waals surface area (Å²) in [4.78, 5) is 32.4. The Kier molecular flexibility index (Phi) is 6.76. The fraction of sp³-hybridized carbons (Fsp3) is 0.318. The fourth-order valence-electron chi connectivity index (χ4n) is 3.86. The van der Waals surface area contributed by atoms with Crippen molar-refractivity contribution < 1.29 is 13.2 Å². The van der Waals surface area contributed by atoms with Crippen molar-refractivity contribution in [2.24, 2.45) is 11.1 Å². The van der Waals surface area contributed by atoms with Crippen LogP contribution in [-0.4, -0.2) is 29.6 Å². The molecule has 4 rings (SSSR count). The maximum absolute atomic E-state index is 13.3. The van der Waals surface area contributed by atoms with Gasteiger partial charge in [0.1, 0.15) is 4.83 Å². The van der Waals surface area contributed by atoms with Crippen molar-refractivity contribution in [3.05, 3.63) is 57.7 Å². The number of thiophene rings is 1. The van der Waals surface area contributed by atoms with E-state index in [1.54, 1.807) is 22.0 Å². The number of hydrogen-bond donors (Lipinski definition) is 2. The number of primary sulfonamides is 1. The first-order valence-corrected chi connectivity index (χ1v) is 13.7. The normalized spacial score (nSPS) is 15.9. The van der Waals surface area contributed by atoms with Crippen LogP contribution in [0.2, 0.25) is 0 Å². The molecular weight excluding hydrogens is 480 g/mol. The third-order valence-corrected chi connectivity index (χ3v) is 8.54. The van der Waals surface area contributed by atoms with Crippen LogP contribution in [0.3, 0.4) is 0 Å². The molecule has 1 unspecified atom stereocenters. The summed E-state index contributed by atoms with van der Waals surface area (Å²) >= 11 is 2.76. The molecule has 33 heavy (non-hydrogen) atoms. The van der Waals surface area contributed by atoms with Crippen molar-refractivity contribution in [2.75, 3.05) is 11.1 Å². The lowest BCUT2D eigenvalue weighted by atomic mass is 9.89. The lowest BCUT2D eigenvalue weighted by Crippen LogP contribution is -2.24. The first-order chi connectivity index (χ1) is 15.7. The molecule has 0 bridgehead atoms. The molecule has 3 N–H and O–H groups in total. The number of fused-ring (bicyclic) bond motifs is 3. The van der Waals surface area contributed by atoms with Gasteiger partial charge in [0.05, 0.1) is 16.0 Å². The van der Waals surface area contributed by atoms with Crippen molar-refractivity contribution in [3.8, 4) is 0 Å². The summed E-state index contributed by atoms with van der Waals surface area (Å²) in [6.07, 6.45) is 4.56. The van der Waals surface area contributed by atoms with Crippen LogP contribution in [0.25, 0.3) is 10.2 Å². The number of thioether (sulfide) groups is 1. The highest BCUT2D eigenvalue weighted by molar-refractivity contribution is 7.99. The van der Waals surface area contributed by atoms with E-state index in [1.807, 2.05) is 0 Å². The number of aryl methyl sites for hydroxylation is 1. The minimum atomic E-state index is -3.80. The topological polar surface area (TPSA) is 124 Å². The third kappa shape index (κ3) is 5.06. The van der Waals surface area contributed by atoms with Crippen LogP contribution in [0, 0.1) is 5.92 Å². The number of nitrogens with one attached hydrogen (secondary N) is 1. The zero-order valence-electron chi connectivity index (χ0n) is 18.0. The molecule has 3 aromatic rings. The summed E-state index contributed by atoms with van der Waals surface area (Å²) < 4.78 is 24.3.